The van der Waals surface area contributed by atoms with E-state index in [1.807, 2.05) is 0 Å². The van der Waals surface area contributed by atoms with Gasteiger partial charge in [0.25, 0.3) is 0 Å². The number of rotatable bonds is 58. The number of carbonyl (C=O) groups is 3. The number of hydrogen-bond donors (Lipinski definition) is 13. The lowest BCUT2D eigenvalue weighted by molar-refractivity contribution is -0.139. The van der Waals surface area contributed by atoms with Crippen LogP contribution in [0.5, 0.6) is 0 Å². The first-order valence-electron chi connectivity index (χ1n) is 27.1. The van der Waals surface area contributed by atoms with Crippen molar-refractivity contribution in [2.24, 2.45) is 0 Å². The first kappa shape index (κ1) is 77.3. The van der Waals surface area contributed by atoms with E-state index in [1.54, 1.807) is 20.8 Å². The largest absolute Gasteiger partial charge is 0.480 e. The van der Waals surface area contributed by atoms with Crippen LogP contribution in [0.4, 0.5) is 4.79 Å². The third-order valence-corrected chi connectivity index (χ3v) is 10.9. The molecule has 80 heavy (non-hydrogen) atoms. The lowest BCUT2D eigenvalue weighted by Crippen LogP contribution is -2.53. The van der Waals surface area contributed by atoms with Gasteiger partial charge in [0.15, 0.2) is 0 Å². The van der Waals surface area contributed by atoms with Crippen LogP contribution in [0.1, 0.15) is 46.5 Å². The molecule has 0 bridgehead atoms. The molecule has 0 saturated carbocycles. The van der Waals surface area contributed by atoms with Crippen molar-refractivity contribution in [3.05, 3.63) is 0 Å². The molecule has 0 aromatic rings. The summed E-state index contributed by atoms with van der Waals surface area (Å²) in [7, 11) is 0. The quantitative estimate of drug-likeness (QED) is 0.0254. The highest BCUT2D eigenvalue weighted by atomic mass is 16.6. The zero-order chi connectivity index (χ0) is 59.7. The first-order chi connectivity index (χ1) is 38.3. The molecule has 0 heterocycles. The highest BCUT2D eigenvalue weighted by Gasteiger charge is 2.34. The van der Waals surface area contributed by atoms with Crippen LogP contribution in [0, 0.1) is 0 Å². The Morgan fingerprint density at radius 2 is 0.738 bits per heavy atom. The topological polar surface area (TPSA) is 421 Å². The van der Waals surface area contributed by atoms with Crippen LogP contribution < -0.4 is 10.6 Å². The number of carbonyl (C=O) groups excluding carboxylic acids is 2. The highest BCUT2D eigenvalue weighted by Crippen LogP contribution is 2.12. The molecule has 476 valence electrons. The fourth-order valence-corrected chi connectivity index (χ4v) is 6.51. The van der Waals surface area contributed by atoms with Crippen LogP contribution in [0.3, 0.4) is 0 Å². The van der Waals surface area contributed by atoms with E-state index in [4.69, 9.17) is 71.8 Å². The van der Waals surface area contributed by atoms with Crippen LogP contribution in [-0.2, 0) is 71.2 Å². The second-order valence-electron chi connectivity index (χ2n) is 18.8. The summed E-state index contributed by atoms with van der Waals surface area (Å²) >= 11 is 0. The fourth-order valence-electron chi connectivity index (χ4n) is 6.51. The van der Waals surface area contributed by atoms with Crippen molar-refractivity contribution < 1.29 is 132 Å². The van der Waals surface area contributed by atoms with Gasteiger partial charge >= 0.3 is 12.1 Å². The Morgan fingerprint density at radius 1 is 0.438 bits per heavy atom. The lowest BCUT2D eigenvalue weighted by atomic mass is 10.0. The minimum atomic E-state index is -1.89. The van der Waals surface area contributed by atoms with E-state index in [9.17, 15) is 60.3 Å². The van der Waals surface area contributed by atoms with Gasteiger partial charge in [0.1, 0.15) is 48.3 Å². The molecule has 0 aromatic heterocycles. The number of ether oxygens (including phenoxy) is 13. The van der Waals surface area contributed by atoms with Gasteiger partial charge in [-0.1, -0.05) is 0 Å². The molecule has 2 amide bonds. The van der Waals surface area contributed by atoms with Crippen LogP contribution in [0.25, 0.3) is 0 Å². The molecule has 0 saturated heterocycles. The van der Waals surface area contributed by atoms with E-state index in [1.165, 1.54) is 4.90 Å². The van der Waals surface area contributed by atoms with Crippen molar-refractivity contribution in [2.45, 2.75) is 107 Å². The standard InChI is InChI=1S/C50H99N3O27/c1-50(2,3)80-49(67)52-38(48(65)66)6-4-5-8-51-43(60)7-10-68-12-14-70-16-18-72-20-22-74-24-26-76-28-30-78-32-33-79-31-29-77-27-25-75-23-21-73-19-17-71-15-13-69-11-9-53(34-39(56)44(61)46(63)41(58)36-54)35-40(57)45(62)47(64)42(59)37-55/h38-42,44-47,54-59,61-64H,4-37H2,1-3H3,(H,51,60)(H,52,67)(H,65,66)/t38-,39+,40+,41-,42-,44-,45-,46-,47-/m0/s1. The second kappa shape index (κ2) is 51.9. The van der Waals surface area contributed by atoms with Crippen LogP contribution in [-0.4, -0.2) is 337 Å². The SMILES string of the molecule is CC(C)(C)OC(=O)N[C@@H](CCCCNC(=O)CCOCCOCCOCCOCCOCCOCCOCCOCCOCCOCCOCCOCCN(C[C@@H](O)[C@H](O)[C@@H](O)[C@@H](O)CO)C[C@@H](O)[C@H](O)[C@@H](O)[C@@H](O)CO)C(=O)O. The summed E-state index contributed by atoms with van der Waals surface area (Å²) in [5.41, 5.74) is -0.736. The fraction of sp³-hybridized carbons (Fsp3) is 0.940. The van der Waals surface area contributed by atoms with E-state index in [-0.39, 0.29) is 58.3 Å². The van der Waals surface area contributed by atoms with Gasteiger partial charge in [0, 0.05) is 32.6 Å². The molecule has 13 N–H and O–H groups in total. The summed E-state index contributed by atoms with van der Waals surface area (Å²) in [5.74, 6) is -1.33. The number of aliphatic carboxylic acids is 1. The van der Waals surface area contributed by atoms with Gasteiger partial charge in [0.05, 0.1) is 184 Å². The van der Waals surface area contributed by atoms with E-state index >= 15 is 0 Å². The molecular weight excluding hydrogens is 1070 g/mol. The maximum absolute atomic E-state index is 12.0. The molecule has 9 atom stereocenters. The molecule has 0 aliphatic rings. The van der Waals surface area contributed by atoms with E-state index in [0.717, 1.165) is 0 Å². The van der Waals surface area contributed by atoms with Crippen molar-refractivity contribution in [3.8, 4) is 0 Å². The number of hydrogen-bond acceptors (Lipinski definition) is 27. The maximum Gasteiger partial charge on any atom is 0.408 e. The second-order valence-corrected chi connectivity index (χ2v) is 18.8. The van der Waals surface area contributed by atoms with Gasteiger partial charge in [-0.05, 0) is 40.0 Å². The Morgan fingerprint density at radius 3 is 1.04 bits per heavy atom. The normalized spacial score (nSPS) is 15.5. The number of aliphatic hydroxyl groups is 10. The lowest BCUT2D eigenvalue weighted by Gasteiger charge is -2.33. The summed E-state index contributed by atoms with van der Waals surface area (Å²) in [6, 6.07) is -1.07. The molecule has 0 aliphatic carbocycles. The van der Waals surface area contributed by atoms with Gasteiger partial charge in [-0.25, -0.2) is 9.59 Å². The molecule has 0 fully saturated rings. The smallest absolute Gasteiger partial charge is 0.408 e. The molecule has 0 spiro atoms. The Bertz CT molecular complexity index is 1420. The minimum Gasteiger partial charge on any atom is -0.480 e. The third-order valence-electron chi connectivity index (χ3n) is 10.9. The number of carboxylic acids is 1. The monoisotopic (exact) mass is 1170 g/mol. The minimum absolute atomic E-state index is 0.0191. The summed E-state index contributed by atoms with van der Waals surface area (Å²) in [6.45, 7) is 11.3. The number of aliphatic hydroxyl groups excluding tert-OH is 10. The molecule has 0 rings (SSSR count). The van der Waals surface area contributed by atoms with E-state index in [0.29, 0.717) is 145 Å². The van der Waals surface area contributed by atoms with Crippen LogP contribution >= 0.6 is 0 Å². The Balaban J connectivity index is 3.60. The van der Waals surface area contributed by atoms with Crippen molar-refractivity contribution in [1.82, 2.24) is 15.5 Å². The predicted octanol–water partition coefficient (Wildman–Crippen LogP) is -4.99. The Hall–Kier alpha value is -2.71. The predicted molar refractivity (Wildman–Crippen MR) is 281 cm³/mol. The zero-order valence-electron chi connectivity index (χ0n) is 47.1. The van der Waals surface area contributed by atoms with Gasteiger partial charge in [-0.3, -0.25) is 9.69 Å². The van der Waals surface area contributed by atoms with Crippen molar-refractivity contribution in [1.29, 1.82) is 0 Å². The number of nitrogens with zero attached hydrogens (tertiary/aromatic N) is 1. The zero-order valence-corrected chi connectivity index (χ0v) is 47.1. The van der Waals surface area contributed by atoms with Crippen molar-refractivity contribution >= 4 is 18.0 Å². The van der Waals surface area contributed by atoms with Gasteiger partial charge in [-0.2, -0.15) is 0 Å². The number of alkyl carbamates (subject to hydrolysis) is 1. The van der Waals surface area contributed by atoms with Crippen molar-refractivity contribution in [3.63, 3.8) is 0 Å². The maximum atomic E-state index is 12.0. The van der Waals surface area contributed by atoms with Crippen LogP contribution in [0.15, 0.2) is 0 Å². The molecule has 0 aliphatic heterocycles. The summed E-state index contributed by atoms with van der Waals surface area (Å²) < 4.78 is 70.9. The summed E-state index contributed by atoms with van der Waals surface area (Å²) in [6.07, 6.45) is -13.7. The molecule has 0 aromatic carbocycles. The van der Waals surface area contributed by atoms with Gasteiger partial charge in [-0.15, -0.1) is 0 Å². The number of carboxylic acid groups (broad SMARTS) is 1. The summed E-state index contributed by atoms with van der Waals surface area (Å²) in [4.78, 5) is 36.6. The molecular formula is C50H99N3O27. The molecule has 0 radical (unpaired) electrons. The van der Waals surface area contributed by atoms with Gasteiger partial charge < -0.3 is 128 Å². The third kappa shape index (κ3) is 45.8. The molecule has 0 unspecified atom stereocenters. The van der Waals surface area contributed by atoms with E-state index < -0.39 is 98.8 Å². The van der Waals surface area contributed by atoms with E-state index in [2.05, 4.69) is 10.6 Å². The van der Waals surface area contributed by atoms with Crippen molar-refractivity contribution in [2.75, 3.05) is 198 Å². The Labute approximate surface area is 469 Å². The first-order valence-corrected chi connectivity index (χ1v) is 27.1. The number of amides is 2. The number of unbranched alkanes of at least 4 members (excludes halogenated alkanes) is 1. The molecule has 30 nitrogen and oxygen atoms in total. The van der Waals surface area contributed by atoms with Crippen LogP contribution in [0.2, 0.25) is 0 Å². The Kier molecular flexibility index (Phi) is 50.1. The average Bonchev–Trinajstić information content (AvgIpc) is 3.42. The summed E-state index contributed by atoms with van der Waals surface area (Å²) in [5, 5.41) is 113. The molecule has 30 heteroatoms. The highest BCUT2D eigenvalue weighted by molar-refractivity contribution is 5.80. The average molecular weight is 1170 g/mol. The van der Waals surface area contributed by atoms with Gasteiger partial charge in [0.2, 0.25) is 5.91 Å². The number of nitrogens with one attached hydrogen (secondary N) is 2.